The van der Waals surface area contributed by atoms with Crippen molar-refractivity contribution in [1.29, 1.82) is 0 Å². The average Bonchev–Trinajstić information content (AvgIpc) is 2.75. The van der Waals surface area contributed by atoms with Crippen LogP contribution in [0.25, 0.3) is 10.7 Å². The normalized spacial score (nSPS) is 14.6. The lowest BCUT2D eigenvalue weighted by Crippen LogP contribution is -2.21. The van der Waals surface area contributed by atoms with Gasteiger partial charge in [-0.3, -0.25) is 4.79 Å². The predicted octanol–water partition coefficient (Wildman–Crippen LogP) is 2.69. The Labute approximate surface area is 104 Å². The minimum atomic E-state index is 0.0532. The van der Waals surface area contributed by atoms with Crippen LogP contribution >= 0.6 is 11.3 Å². The third-order valence-electron chi connectivity index (χ3n) is 3.27. The first-order valence-electron chi connectivity index (χ1n) is 5.92. The molecule has 0 saturated carbocycles. The zero-order chi connectivity index (χ0) is 11.8. The highest BCUT2D eigenvalue weighted by Gasteiger charge is 2.16. The molecule has 0 bridgehead atoms. The Hall–Kier alpha value is -1.42. The summed E-state index contributed by atoms with van der Waals surface area (Å²) in [5.41, 5.74) is 3.13. The fourth-order valence-electron chi connectivity index (χ4n) is 2.33. The molecule has 3 nitrogen and oxygen atoms in total. The van der Waals surface area contributed by atoms with Crippen molar-refractivity contribution in [3.8, 4) is 10.7 Å². The molecule has 3 rings (SSSR count). The first-order valence-corrected chi connectivity index (χ1v) is 6.80. The molecule has 0 aromatic carbocycles. The second kappa shape index (κ2) is 4.11. The van der Waals surface area contributed by atoms with E-state index in [1.165, 1.54) is 5.56 Å². The molecule has 17 heavy (non-hydrogen) atoms. The van der Waals surface area contributed by atoms with Gasteiger partial charge in [-0.05, 0) is 49.6 Å². The number of thiophene rings is 1. The topological polar surface area (TPSA) is 45.8 Å². The Balaban J connectivity index is 2.17. The molecular formula is C13H14N2OS. The van der Waals surface area contributed by atoms with Gasteiger partial charge in [0, 0.05) is 5.56 Å². The van der Waals surface area contributed by atoms with E-state index in [4.69, 9.17) is 0 Å². The Bertz CT molecular complexity index is 612. The lowest BCUT2D eigenvalue weighted by molar-refractivity contribution is 0.657. The molecule has 0 saturated heterocycles. The summed E-state index contributed by atoms with van der Waals surface area (Å²) in [5.74, 6) is 0.739. The molecule has 0 atom stereocenters. The number of hydrogen-bond acceptors (Lipinski definition) is 3. The van der Waals surface area contributed by atoms with E-state index in [-0.39, 0.29) is 5.56 Å². The zero-order valence-corrected chi connectivity index (χ0v) is 10.6. The molecule has 0 amide bonds. The van der Waals surface area contributed by atoms with Crippen LogP contribution in [-0.4, -0.2) is 9.97 Å². The largest absolute Gasteiger partial charge is 0.306 e. The molecule has 88 valence electrons. The summed E-state index contributed by atoms with van der Waals surface area (Å²) < 4.78 is 0. The van der Waals surface area contributed by atoms with Gasteiger partial charge in [-0.15, -0.1) is 11.3 Å². The number of aromatic amines is 1. The average molecular weight is 246 g/mol. The Morgan fingerprint density at radius 2 is 2.18 bits per heavy atom. The van der Waals surface area contributed by atoms with Gasteiger partial charge in [-0.1, -0.05) is 0 Å². The highest BCUT2D eigenvalue weighted by atomic mass is 32.1. The van der Waals surface area contributed by atoms with E-state index in [9.17, 15) is 4.79 Å². The van der Waals surface area contributed by atoms with Crippen molar-refractivity contribution in [2.75, 3.05) is 0 Å². The van der Waals surface area contributed by atoms with Crippen molar-refractivity contribution in [3.05, 3.63) is 38.6 Å². The summed E-state index contributed by atoms with van der Waals surface area (Å²) in [7, 11) is 0. The fourth-order valence-corrected chi connectivity index (χ4v) is 3.20. The summed E-state index contributed by atoms with van der Waals surface area (Å²) in [4.78, 5) is 20.6. The molecule has 0 spiro atoms. The van der Waals surface area contributed by atoms with Crippen molar-refractivity contribution in [1.82, 2.24) is 9.97 Å². The quantitative estimate of drug-likeness (QED) is 0.841. The summed E-state index contributed by atoms with van der Waals surface area (Å²) in [6.07, 6.45) is 4.07. The molecule has 2 aromatic rings. The first kappa shape index (κ1) is 10.7. The molecule has 2 aromatic heterocycles. The molecule has 1 aliphatic carbocycles. The summed E-state index contributed by atoms with van der Waals surface area (Å²) in [6, 6.07) is 2.06. The van der Waals surface area contributed by atoms with Gasteiger partial charge in [0.15, 0.2) is 5.82 Å². The van der Waals surface area contributed by atoms with Gasteiger partial charge in [0.2, 0.25) is 0 Å². The van der Waals surface area contributed by atoms with E-state index in [1.807, 2.05) is 12.3 Å². The number of aryl methyl sites for hydroxylation is 2. The number of hydrogen-bond donors (Lipinski definition) is 1. The van der Waals surface area contributed by atoms with Gasteiger partial charge < -0.3 is 4.98 Å². The van der Waals surface area contributed by atoms with E-state index in [1.54, 1.807) is 11.3 Å². The van der Waals surface area contributed by atoms with E-state index >= 15 is 0 Å². The monoisotopic (exact) mass is 246 g/mol. The molecule has 1 aliphatic rings. The molecule has 1 N–H and O–H groups in total. The van der Waals surface area contributed by atoms with Crippen LogP contribution in [0.1, 0.15) is 29.7 Å². The number of rotatable bonds is 1. The third kappa shape index (κ3) is 1.82. The smallest absolute Gasteiger partial charge is 0.254 e. The lowest BCUT2D eigenvalue weighted by Gasteiger charge is -2.14. The summed E-state index contributed by atoms with van der Waals surface area (Å²) in [5, 5.41) is 2.03. The molecular weight excluding hydrogens is 232 g/mol. The molecule has 2 heterocycles. The van der Waals surface area contributed by atoms with Crippen LogP contribution in [0.4, 0.5) is 0 Å². The van der Waals surface area contributed by atoms with Crippen LogP contribution in [0.15, 0.2) is 16.2 Å². The first-order chi connectivity index (χ1) is 8.25. The van der Waals surface area contributed by atoms with Gasteiger partial charge in [0.05, 0.1) is 10.6 Å². The second-order valence-electron chi connectivity index (χ2n) is 4.48. The summed E-state index contributed by atoms with van der Waals surface area (Å²) >= 11 is 1.63. The van der Waals surface area contributed by atoms with Crippen LogP contribution in [-0.2, 0) is 12.8 Å². The van der Waals surface area contributed by atoms with Gasteiger partial charge in [-0.25, -0.2) is 4.98 Å². The molecule has 4 heteroatoms. The Morgan fingerprint density at radius 1 is 1.35 bits per heavy atom. The molecule has 0 unspecified atom stereocenters. The van der Waals surface area contributed by atoms with Crippen molar-refractivity contribution < 1.29 is 0 Å². The maximum absolute atomic E-state index is 12.0. The van der Waals surface area contributed by atoms with Gasteiger partial charge >= 0.3 is 0 Å². The van der Waals surface area contributed by atoms with Crippen molar-refractivity contribution in [2.24, 2.45) is 0 Å². The molecule has 0 fully saturated rings. The molecule has 0 aliphatic heterocycles. The number of nitrogens with zero attached hydrogens (tertiary/aromatic N) is 1. The minimum absolute atomic E-state index is 0.0532. The van der Waals surface area contributed by atoms with E-state index < -0.39 is 0 Å². The third-order valence-corrected chi connectivity index (χ3v) is 4.29. The maximum atomic E-state index is 12.0. The van der Waals surface area contributed by atoms with Gasteiger partial charge in [0.25, 0.3) is 5.56 Å². The van der Waals surface area contributed by atoms with Crippen LogP contribution < -0.4 is 5.56 Å². The maximum Gasteiger partial charge on any atom is 0.254 e. The highest BCUT2D eigenvalue weighted by molar-refractivity contribution is 7.13. The van der Waals surface area contributed by atoms with Crippen LogP contribution in [0.3, 0.4) is 0 Å². The fraction of sp³-hybridized carbons (Fsp3) is 0.385. The zero-order valence-electron chi connectivity index (χ0n) is 9.75. The minimum Gasteiger partial charge on any atom is -0.306 e. The van der Waals surface area contributed by atoms with Crippen LogP contribution in [0.2, 0.25) is 0 Å². The highest BCUT2D eigenvalue weighted by Crippen LogP contribution is 2.26. The number of nitrogens with one attached hydrogen (secondary N) is 1. The summed E-state index contributed by atoms with van der Waals surface area (Å²) in [6.45, 7) is 2.05. The van der Waals surface area contributed by atoms with E-state index in [0.29, 0.717) is 0 Å². The van der Waals surface area contributed by atoms with Crippen molar-refractivity contribution in [2.45, 2.75) is 32.6 Å². The number of fused-ring (bicyclic) bond motifs is 1. The Morgan fingerprint density at radius 3 is 2.94 bits per heavy atom. The number of aromatic nitrogens is 2. The predicted molar refractivity (Wildman–Crippen MR) is 69.5 cm³/mol. The SMILES string of the molecule is Cc1ccsc1-c1nc2c(c(=O)[nH]1)CCCC2. The van der Waals surface area contributed by atoms with Gasteiger partial charge in [-0.2, -0.15) is 0 Å². The molecule has 0 radical (unpaired) electrons. The van der Waals surface area contributed by atoms with Crippen LogP contribution in [0.5, 0.6) is 0 Å². The lowest BCUT2D eigenvalue weighted by atomic mass is 9.97. The standard InChI is InChI=1S/C13H14N2OS/c1-8-6-7-17-11(8)12-14-10-5-3-2-4-9(10)13(16)15-12/h6-7H,2-5H2,1H3,(H,14,15,16). The van der Waals surface area contributed by atoms with Crippen LogP contribution in [0, 0.1) is 6.92 Å². The number of H-pyrrole nitrogens is 1. The van der Waals surface area contributed by atoms with Crippen molar-refractivity contribution >= 4 is 11.3 Å². The van der Waals surface area contributed by atoms with Crippen molar-refractivity contribution in [3.63, 3.8) is 0 Å². The van der Waals surface area contributed by atoms with E-state index in [2.05, 4.69) is 16.0 Å². The van der Waals surface area contributed by atoms with E-state index in [0.717, 1.165) is 47.6 Å². The Kier molecular flexibility index (Phi) is 2.59. The second-order valence-corrected chi connectivity index (χ2v) is 5.40. The van der Waals surface area contributed by atoms with Gasteiger partial charge in [0.1, 0.15) is 0 Å².